The average Bonchev–Trinajstić information content (AvgIpc) is 3.11. The number of carbonyl (C=O) groups excluding carboxylic acids is 2. The molecule has 2 amide bonds. The molecule has 2 aliphatic heterocycles. The molecule has 0 saturated carbocycles. The van der Waals surface area contributed by atoms with Gasteiger partial charge >= 0.3 is 7.12 Å². The summed E-state index contributed by atoms with van der Waals surface area (Å²) in [4.78, 5) is 27.3. The van der Waals surface area contributed by atoms with Crippen LogP contribution in [-0.2, 0) is 14.2 Å². The number of rotatable bonds is 6. The summed E-state index contributed by atoms with van der Waals surface area (Å²) >= 11 is 0. The first-order chi connectivity index (χ1) is 17.8. The second-order valence-corrected chi connectivity index (χ2v) is 10.8. The number of benzene rings is 2. The molecule has 2 N–H and O–H groups in total. The number of amides is 2. The smallest absolute Gasteiger partial charge is 0.455 e. The Hall–Kier alpha value is -3.16. The lowest BCUT2D eigenvalue weighted by molar-refractivity contribution is -0.138. The van der Waals surface area contributed by atoms with Crippen LogP contribution < -0.4 is 0 Å². The number of imide groups is 1. The normalized spacial score (nSPS) is 26.1. The number of hydrogen-bond acceptors (Lipinski definition) is 5. The van der Waals surface area contributed by atoms with E-state index in [0.29, 0.717) is 25.6 Å². The van der Waals surface area contributed by atoms with Gasteiger partial charge in [-0.15, -0.1) is 0 Å². The molecule has 0 spiro atoms. The SMILES string of the molecule is CC(C)C1=C2[C@@H](CC/C(=C/c3ccccc3O)c3ccccc3)OB(O)C[C@@H]2[C@@H]2C(=O)N(C)C(=O)[C@@H]2C1. The maximum absolute atomic E-state index is 13.1. The Bertz CT molecular complexity index is 1250. The van der Waals surface area contributed by atoms with E-state index in [-0.39, 0.29) is 41.4 Å². The molecule has 0 bridgehead atoms. The van der Waals surface area contributed by atoms with Crippen molar-refractivity contribution in [1.29, 1.82) is 0 Å². The van der Waals surface area contributed by atoms with Gasteiger partial charge in [0.25, 0.3) is 0 Å². The molecule has 37 heavy (non-hydrogen) atoms. The molecule has 0 aromatic heterocycles. The van der Waals surface area contributed by atoms with E-state index in [1.807, 2.05) is 48.5 Å². The third kappa shape index (κ3) is 4.78. The summed E-state index contributed by atoms with van der Waals surface area (Å²) in [5.74, 6) is -0.805. The fraction of sp³-hybridized carbons (Fsp3) is 0.400. The zero-order valence-corrected chi connectivity index (χ0v) is 21.6. The van der Waals surface area contributed by atoms with Crippen molar-refractivity contribution >= 4 is 30.6 Å². The van der Waals surface area contributed by atoms with Crippen LogP contribution in [-0.4, -0.2) is 47.1 Å². The Balaban J connectivity index is 1.50. The van der Waals surface area contributed by atoms with Gasteiger partial charge in [-0.2, -0.15) is 0 Å². The summed E-state index contributed by atoms with van der Waals surface area (Å²) < 4.78 is 6.15. The largest absolute Gasteiger partial charge is 0.507 e. The van der Waals surface area contributed by atoms with E-state index >= 15 is 0 Å². The average molecular weight is 499 g/mol. The summed E-state index contributed by atoms with van der Waals surface area (Å²) in [7, 11) is 0.586. The minimum atomic E-state index is -0.984. The van der Waals surface area contributed by atoms with Crippen molar-refractivity contribution in [2.45, 2.75) is 45.5 Å². The fourth-order valence-electron chi connectivity index (χ4n) is 6.44. The molecule has 2 aromatic carbocycles. The van der Waals surface area contributed by atoms with Crippen LogP contribution in [0.4, 0.5) is 0 Å². The Labute approximate surface area is 218 Å². The van der Waals surface area contributed by atoms with Gasteiger partial charge in [0, 0.05) is 12.6 Å². The van der Waals surface area contributed by atoms with Gasteiger partial charge in [0.2, 0.25) is 11.8 Å². The molecular weight excluding hydrogens is 465 g/mol. The Morgan fingerprint density at radius 1 is 1.08 bits per heavy atom. The van der Waals surface area contributed by atoms with Gasteiger partial charge in [-0.25, -0.2) is 0 Å². The first kappa shape index (κ1) is 25.5. The molecule has 0 unspecified atom stereocenters. The summed E-state index contributed by atoms with van der Waals surface area (Å²) in [5.41, 5.74) is 5.14. The van der Waals surface area contributed by atoms with E-state index < -0.39 is 13.0 Å². The van der Waals surface area contributed by atoms with Gasteiger partial charge in [0.1, 0.15) is 5.75 Å². The molecule has 1 aliphatic carbocycles. The minimum absolute atomic E-state index is 0.110. The van der Waals surface area contributed by atoms with Gasteiger partial charge in [0.15, 0.2) is 0 Å². The van der Waals surface area contributed by atoms with Gasteiger partial charge in [0.05, 0.1) is 17.9 Å². The monoisotopic (exact) mass is 499 g/mol. The van der Waals surface area contributed by atoms with Gasteiger partial charge in [-0.05, 0) is 66.3 Å². The summed E-state index contributed by atoms with van der Waals surface area (Å²) in [6.07, 6.45) is 3.82. The second-order valence-electron chi connectivity index (χ2n) is 10.8. The van der Waals surface area contributed by atoms with Crippen LogP contribution >= 0.6 is 0 Å². The topological polar surface area (TPSA) is 87.1 Å². The quantitative estimate of drug-likeness (QED) is 0.258. The standard InChI is InChI=1S/C30H34BNO5/c1-18(2)22-16-23-28(30(35)32(3)29(23)34)24-17-31(36)37-26(27(22)24)14-13-20(19-9-5-4-6-10-19)15-21-11-7-8-12-25(21)33/h4-12,15,18,23-24,26,28,33,36H,13-14,16-17H2,1-3H3/b20-15-/t23-,24+,26-,28-/m1/s1. The molecule has 2 saturated heterocycles. The van der Waals surface area contributed by atoms with Crippen molar-refractivity contribution in [3.63, 3.8) is 0 Å². The number of aromatic hydroxyl groups is 1. The minimum Gasteiger partial charge on any atom is -0.507 e. The maximum atomic E-state index is 13.1. The van der Waals surface area contributed by atoms with Crippen LogP contribution in [0.2, 0.25) is 6.32 Å². The molecule has 192 valence electrons. The highest BCUT2D eigenvalue weighted by molar-refractivity contribution is 6.43. The highest BCUT2D eigenvalue weighted by atomic mass is 16.5. The van der Waals surface area contributed by atoms with E-state index in [9.17, 15) is 19.7 Å². The predicted molar refractivity (Wildman–Crippen MR) is 144 cm³/mol. The van der Waals surface area contributed by atoms with Crippen molar-refractivity contribution in [3.8, 4) is 5.75 Å². The summed E-state index contributed by atoms with van der Waals surface area (Å²) in [6.45, 7) is 4.25. The van der Waals surface area contributed by atoms with Crippen LogP contribution in [0.25, 0.3) is 11.6 Å². The number of likely N-dealkylation sites (tertiary alicyclic amines) is 1. The molecule has 5 rings (SSSR count). The number of phenolic OH excluding ortho intramolecular Hbond substituents is 1. The number of phenols is 1. The first-order valence-corrected chi connectivity index (χ1v) is 13.2. The predicted octanol–water partition coefficient (Wildman–Crippen LogP) is 4.80. The highest BCUT2D eigenvalue weighted by Crippen LogP contribution is 2.51. The van der Waals surface area contributed by atoms with Crippen LogP contribution in [0, 0.1) is 23.7 Å². The zero-order valence-electron chi connectivity index (χ0n) is 21.6. The van der Waals surface area contributed by atoms with Gasteiger partial charge in [-0.1, -0.05) is 68.0 Å². The molecule has 3 aliphatic rings. The van der Waals surface area contributed by atoms with Crippen LogP contribution in [0.5, 0.6) is 5.75 Å². The number of allylic oxidation sites excluding steroid dienone is 2. The number of para-hydroxylation sites is 1. The third-order valence-electron chi connectivity index (χ3n) is 8.25. The maximum Gasteiger partial charge on any atom is 0.455 e. The van der Waals surface area contributed by atoms with Crippen molar-refractivity contribution in [1.82, 2.24) is 4.90 Å². The number of fused-ring (bicyclic) bond motifs is 3. The second kappa shape index (κ2) is 10.3. The third-order valence-corrected chi connectivity index (χ3v) is 8.25. The van der Waals surface area contributed by atoms with Crippen LogP contribution in [0.3, 0.4) is 0 Å². The summed E-state index contributed by atoms with van der Waals surface area (Å²) in [5, 5.41) is 21.1. The lowest BCUT2D eigenvalue weighted by Crippen LogP contribution is -2.46. The molecule has 4 atom stereocenters. The lowest BCUT2D eigenvalue weighted by atomic mass is 9.57. The molecule has 6 nitrogen and oxygen atoms in total. The lowest BCUT2D eigenvalue weighted by Gasteiger charge is -2.44. The van der Waals surface area contributed by atoms with E-state index in [2.05, 4.69) is 13.8 Å². The van der Waals surface area contributed by atoms with E-state index in [0.717, 1.165) is 22.3 Å². The van der Waals surface area contributed by atoms with Crippen molar-refractivity contribution in [2.24, 2.45) is 23.7 Å². The van der Waals surface area contributed by atoms with Crippen molar-refractivity contribution in [2.75, 3.05) is 7.05 Å². The van der Waals surface area contributed by atoms with Crippen LogP contribution in [0.15, 0.2) is 65.7 Å². The summed E-state index contributed by atoms with van der Waals surface area (Å²) in [6, 6.07) is 17.3. The van der Waals surface area contributed by atoms with E-state index in [1.54, 1.807) is 19.2 Å². The number of nitrogens with zero attached hydrogens (tertiary/aromatic N) is 1. The van der Waals surface area contributed by atoms with Crippen molar-refractivity contribution < 1.29 is 24.4 Å². The zero-order chi connectivity index (χ0) is 26.3. The van der Waals surface area contributed by atoms with Crippen molar-refractivity contribution in [3.05, 3.63) is 76.9 Å². The molecule has 2 heterocycles. The molecule has 7 heteroatoms. The van der Waals surface area contributed by atoms with Crippen LogP contribution in [0.1, 0.15) is 44.2 Å². The molecule has 0 radical (unpaired) electrons. The Morgan fingerprint density at radius 3 is 2.49 bits per heavy atom. The molecule has 2 fully saturated rings. The van der Waals surface area contributed by atoms with E-state index in [4.69, 9.17) is 4.65 Å². The highest BCUT2D eigenvalue weighted by Gasteiger charge is 2.56. The van der Waals surface area contributed by atoms with Gasteiger partial charge in [-0.3, -0.25) is 14.5 Å². The van der Waals surface area contributed by atoms with E-state index in [1.165, 1.54) is 10.5 Å². The first-order valence-electron chi connectivity index (χ1n) is 13.2. The Kier molecular flexibility index (Phi) is 7.10. The molecule has 2 aromatic rings. The fourth-order valence-corrected chi connectivity index (χ4v) is 6.44. The molecular formula is C30H34BNO5. The number of carbonyl (C=O) groups is 2. The van der Waals surface area contributed by atoms with Gasteiger partial charge < -0.3 is 14.8 Å². The number of hydrogen-bond donors (Lipinski definition) is 2. The Morgan fingerprint density at radius 2 is 1.78 bits per heavy atom.